The van der Waals surface area contributed by atoms with Gasteiger partial charge in [-0.3, -0.25) is 9.78 Å². The van der Waals surface area contributed by atoms with Crippen molar-refractivity contribution in [3.63, 3.8) is 0 Å². The fourth-order valence-corrected chi connectivity index (χ4v) is 2.73. The van der Waals surface area contributed by atoms with E-state index in [0.717, 1.165) is 31.9 Å². The van der Waals surface area contributed by atoms with Gasteiger partial charge in [-0.2, -0.15) is 10.2 Å². The van der Waals surface area contributed by atoms with E-state index in [9.17, 15) is 0 Å². The number of rotatable bonds is 4. The van der Waals surface area contributed by atoms with Gasteiger partial charge < -0.3 is 4.90 Å². The van der Waals surface area contributed by atoms with Crippen LogP contribution in [0.15, 0.2) is 18.7 Å². The number of aryl methyl sites for hydroxylation is 1. The Labute approximate surface area is 112 Å². The monoisotopic (exact) mass is 260 g/mol. The van der Waals surface area contributed by atoms with Gasteiger partial charge in [0.15, 0.2) is 0 Å². The summed E-state index contributed by atoms with van der Waals surface area (Å²) in [6.07, 6.45) is 9.08. The first kappa shape index (κ1) is 12.3. The lowest BCUT2D eigenvalue weighted by molar-refractivity contribution is 0.211. The van der Waals surface area contributed by atoms with Crippen molar-refractivity contribution in [2.24, 2.45) is 7.05 Å². The van der Waals surface area contributed by atoms with E-state index >= 15 is 0 Å². The lowest BCUT2D eigenvalue weighted by atomic mass is 9.96. The average Bonchev–Trinajstić information content (AvgIpc) is 3.08. The summed E-state index contributed by atoms with van der Waals surface area (Å²) in [6.45, 7) is 3.41. The molecule has 0 aromatic carbocycles. The summed E-state index contributed by atoms with van der Waals surface area (Å²) in [5, 5.41) is 11.1. The summed E-state index contributed by atoms with van der Waals surface area (Å²) >= 11 is 0. The lowest BCUT2D eigenvalue weighted by Crippen LogP contribution is -2.34. The third-order valence-electron chi connectivity index (χ3n) is 3.88. The van der Waals surface area contributed by atoms with Crippen LogP contribution < -0.4 is 0 Å². The molecule has 102 valence electrons. The number of likely N-dealkylation sites (tertiary alicyclic amines) is 1. The molecule has 6 nitrogen and oxygen atoms in total. The molecule has 3 heterocycles. The van der Waals surface area contributed by atoms with E-state index in [2.05, 4.69) is 31.4 Å². The van der Waals surface area contributed by atoms with E-state index in [0.29, 0.717) is 5.92 Å². The van der Waals surface area contributed by atoms with E-state index in [1.165, 1.54) is 18.4 Å². The Hall–Kier alpha value is -1.69. The first-order valence-electron chi connectivity index (χ1n) is 6.86. The third kappa shape index (κ3) is 3.01. The van der Waals surface area contributed by atoms with Gasteiger partial charge in [-0.25, -0.2) is 4.98 Å². The van der Waals surface area contributed by atoms with E-state index in [1.807, 2.05) is 17.9 Å². The smallest absolute Gasteiger partial charge is 0.137 e. The minimum absolute atomic E-state index is 0.553. The number of hydrogen-bond donors (Lipinski definition) is 1. The number of H-pyrrole nitrogens is 1. The van der Waals surface area contributed by atoms with Crippen molar-refractivity contribution >= 4 is 0 Å². The summed E-state index contributed by atoms with van der Waals surface area (Å²) < 4.78 is 1.87. The Morgan fingerprint density at radius 3 is 2.84 bits per heavy atom. The van der Waals surface area contributed by atoms with Crippen molar-refractivity contribution in [1.29, 1.82) is 0 Å². The summed E-state index contributed by atoms with van der Waals surface area (Å²) in [7, 11) is 1.96. The Morgan fingerprint density at radius 1 is 1.37 bits per heavy atom. The Bertz CT molecular complexity index is 495. The first-order chi connectivity index (χ1) is 9.31. The second-order valence-corrected chi connectivity index (χ2v) is 5.26. The predicted octanol–water partition coefficient (Wildman–Crippen LogP) is 0.960. The zero-order valence-corrected chi connectivity index (χ0v) is 11.3. The predicted molar refractivity (Wildman–Crippen MR) is 71.7 cm³/mol. The molecule has 0 amide bonds. The maximum atomic E-state index is 4.27. The number of hydrogen-bond acceptors (Lipinski definition) is 4. The Kier molecular flexibility index (Phi) is 3.59. The zero-order valence-electron chi connectivity index (χ0n) is 11.3. The van der Waals surface area contributed by atoms with Gasteiger partial charge in [0.2, 0.25) is 0 Å². The fraction of sp³-hybridized carbons (Fsp3) is 0.615. The molecule has 1 aliphatic heterocycles. The summed E-state index contributed by atoms with van der Waals surface area (Å²) in [6, 6.07) is 0. The second-order valence-electron chi connectivity index (χ2n) is 5.26. The molecule has 1 saturated heterocycles. The Morgan fingerprint density at radius 2 is 2.21 bits per heavy atom. The minimum Gasteiger partial charge on any atom is -0.303 e. The molecule has 1 aliphatic rings. The van der Waals surface area contributed by atoms with Gasteiger partial charge in [0.05, 0.1) is 6.20 Å². The zero-order chi connectivity index (χ0) is 13.1. The lowest BCUT2D eigenvalue weighted by Gasteiger charge is -2.30. The molecule has 0 atom stereocenters. The van der Waals surface area contributed by atoms with Crippen molar-refractivity contribution < 1.29 is 0 Å². The van der Waals surface area contributed by atoms with Crippen molar-refractivity contribution in [3.05, 3.63) is 30.1 Å². The Balaban J connectivity index is 1.45. The maximum absolute atomic E-state index is 4.27. The van der Waals surface area contributed by atoms with Gasteiger partial charge in [0.1, 0.15) is 12.2 Å². The van der Waals surface area contributed by atoms with Crippen LogP contribution in [0.3, 0.4) is 0 Å². The highest BCUT2D eigenvalue weighted by atomic mass is 15.2. The number of aromatic nitrogens is 5. The molecule has 0 bridgehead atoms. The van der Waals surface area contributed by atoms with E-state index in [4.69, 9.17) is 0 Å². The van der Waals surface area contributed by atoms with E-state index < -0.39 is 0 Å². The average molecular weight is 260 g/mol. The number of aromatic amines is 1. The molecule has 0 unspecified atom stereocenters. The van der Waals surface area contributed by atoms with Crippen molar-refractivity contribution in [3.8, 4) is 0 Å². The normalized spacial score (nSPS) is 17.9. The van der Waals surface area contributed by atoms with Crippen LogP contribution in [0.2, 0.25) is 0 Å². The van der Waals surface area contributed by atoms with Crippen molar-refractivity contribution in [2.75, 3.05) is 19.6 Å². The van der Waals surface area contributed by atoms with Crippen LogP contribution in [0.1, 0.15) is 30.1 Å². The number of piperidine rings is 1. The van der Waals surface area contributed by atoms with Crippen LogP contribution >= 0.6 is 0 Å². The maximum Gasteiger partial charge on any atom is 0.137 e. The van der Waals surface area contributed by atoms with Gasteiger partial charge in [0.25, 0.3) is 0 Å². The van der Waals surface area contributed by atoms with Crippen LogP contribution in [0, 0.1) is 0 Å². The van der Waals surface area contributed by atoms with Gasteiger partial charge in [-0.1, -0.05) is 0 Å². The minimum atomic E-state index is 0.553. The van der Waals surface area contributed by atoms with Crippen LogP contribution in [-0.2, 0) is 13.5 Å². The highest BCUT2D eigenvalue weighted by Gasteiger charge is 2.22. The molecule has 0 spiro atoms. The van der Waals surface area contributed by atoms with Crippen LogP contribution in [0.4, 0.5) is 0 Å². The molecule has 6 heteroatoms. The highest BCUT2D eigenvalue weighted by Crippen LogP contribution is 2.24. The number of nitrogens with zero attached hydrogens (tertiary/aromatic N) is 5. The van der Waals surface area contributed by atoms with E-state index in [-0.39, 0.29) is 0 Å². The quantitative estimate of drug-likeness (QED) is 0.889. The summed E-state index contributed by atoms with van der Waals surface area (Å²) in [5.41, 5.74) is 1.32. The summed E-state index contributed by atoms with van der Waals surface area (Å²) in [5.74, 6) is 1.60. The molecule has 0 aliphatic carbocycles. The molecule has 1 N–H and O–H groups in total. The molecule has 0 radical (unpaired) electrons. The van der Waals surface area contributed by atoms with Crippen molar-refractivity contribution in [2.45, 2.75) is 25.2 Å². The third-order valence-corrected chi connectivity index (χ3v) is 3.88. The van der Waals surface area contributed by atoms with Crippen LogP contribution in [0.25, 0.3) is 0 Å². The molecule has 0 saturated carbocycles. The fourth-order valence-electron chi connectivity index (χ4n) is 2.73. The first-order valence-corrected chi connectivity index (χ1v) is 6.86. The largest absolute Gasteiger partial charge is 0.303 e. The topological polar surface area (TPSA) is 62.6 Å². The SMILES string of the molecule is Cn1cc(CCN2CCC(c3ncn[nH]3)CC2)cn1. The molecule has 3 rings (SSSR count). The highest BCUT2D eigenvalue weighted by molar-refractivity contribution is 5.04. The standard InChI is InChI=1S/C13H20N6/c1-18-9-11(8-16-18)2-5-19-6-3-12(4-7-19)13-14-10-15-17-13/h8-10,12H,2-7H2,1H3,(H,14,15,17). The molecule has 1 fully saturated rings. The number of nitrogens with one attached hydrogen (secondary N) is 1. The summed E-state index contributed by atoms with van der Waals surface area (Å²) in [4.78, 5) is 6.79. The van der Waals surface area contributed by atoms with Gasteiger partial charge >= 0.3 is 0 Å². The molecule has 2 aromatic heterocycles. The van der Waals surface area contributed by atoms with Gasteiger partial charge in [-0.15, -0.1) is 0 Å². The molecule has 2 aromatic rings. The van der Waals surface area contributed by atoms with Gasteiger partial charge in [-0.05, 0) is 37.9 Å². The van der Waals surface area contributed by atoms with Crippen molar-refractivity contribution in [1.82, 2.24) is 29.9 Å². The second kappa shape index (κ2) is 5.52. The molecular formula is C13H20N6. The molecule has 19 heavy (non-hydrogen) atoms. The van der Waals surface area contributed by atoms with Crippen LogP contribution in [-0.4, -0.2) is 49.5 Å². The van der Waals surface area contributed by atoms with Gasteiger partial charge in [0, 0.05) is 25.7 Å². The van der Waals surface area contributed by atoms with E-state index in [1.54, 1.807) is 6.33 Å². The molecular weight excluding hydrogens is 240 g/mol. The van der Waals surface area contributed by atoms with Crippen LogP contribution in [0.5, 0.6) is 0 Å².